The van der Waals surface area contributed by atoms with E-state index in [0.29, 0.717) is 0 Å². The topological polar surface area (TPSA) is 81.1 Å². The standard InChI is InChI=1S/C21H32N2.C2H2O4/c1-2-22(16-17-6-4-3-5-7-17)20-10-12-23(13-11-20)21-15-18-8-9-19(21)14-18;3-1(4)2(5)6/h3-7,18-21H,2,8-16H2,1H3;(H,3,4)(H,5,6). The van der Waals surface area contributed by atoms with Crippen LogP contribution >= 0.6 is 0 Å². The molecule has 0 amide bonds. The van der Waals surface area contributed by atoms with Crippen LogP contribution in [0.3, 0.4) is 0 Å². The van der Waals surface area contributed by atoms with E-state index in [2.05, 4.69) is 47.1 Å². The molecule has 2 aliphatic carbocycles. The maximum Gasteiger partial charge on any atom is 0.414 e. The minimum Gasteiger partial charge on any atom is -0.473 e. The molecule has 3 unspecified atom stereocenters. The molecule has 2 N–H and O–H groups in total. The smallest absolute Gasteiger partial charge is 0.414 e. The lowest BCUT2D eigenvalue weighted by Crippen LogP contribution is -2.49. The van der Waals surface area contributed by atoms with E-state index in [4.69, 9.17) is 19.8 Å². The molecule has 6 nitrogen and oxygen atoms in total. The second-order valence-electron chi connectivity index (χ2n) is 8.67. The fraction of sp³-hybridized carbons (Fsp3) is 0.652. The van der Waals surface area contributed by atoms with Crippen molar-refractivity contribution in [3.8, 4) is 0 Å². The number of carboxylic acid groups (broad SMARTS) is 2. The quantitative estimate of drug-likeness (QED) is 0.736. The van der Waals surface area contributed by atoms with Gasteiger partial charge < -0.3 is 10.2 Å². The number of aliphatic carboxylic acids is 2. The summed E-state index contributed by atoms with van der Waals surface area (Å²) in [5, 5.41) is 14.8. The molecule has 1 heterocycles. The molecule has 2 saturated carbocycles. The van der Waals surface area contributed by atoms with Gasteiger partial charge >= 0.3 is 11.9 Å². The zero-order valence-electron chi connectivity index (χ0n) is 17.4. The molecule has 2 bridgehead atoms. The molecular formula is C23H34N2O4. The number of rotatable bonds is 5. The average Bonchev–Trinajstić information content (AvgIpc) is 3.37. The Hall–Kier alpha value is -1.92. The van der Waals surface area contributed by atoms with E-state index in [-0.39, 0.29) is 0 Å². The third-order valence-electron chi connectivity index (χ3n) is 7.00. The number of piperidine rings is 1. The highest BCUT2D eigenvalue weighted by molar-refractivity contribution is 6.27. The van der Waals surface area contributed by atoms with E-state index in [1.807, 2.05) is 0 Å². The normalized spacial score (nSPS) is 26.9. The van der Waals surface area contributed by atoms with Crippen LogP contribution in [0.5, 0.6) is 0 Å². The Labute approximate surface area is 173 Å². The molecule has 3 atom stereocenters. The first-order valence-electron chi connectivity index (χ1n) is 11.0. The van der Waals surface area contributed by atoms with Crippen LogP contribution in [-0.2, 0) is 16.1 Å². The van der Waals surface area contributed by atoms with E-state index in [1.165, 1.54) is 57.3 Å². The first-order chi connectivity index (χ1) is 14.0. The van der Waals surface area contributed by atoms with Gasteiger partial charge in [-0.1, -0.05) is 43.7 Å². The number of benzene rings is 1. The summed E-state index contributed by atoms with van der Waals surface area (Å²) in [4.78, 5) is 23.8. The molecule has 6 heteroatoms. The molecule has 3 fully saturated rings. The Balaban J connectivity index is 0.000000353. The van der Waals surface area contributed by atoms with Crippen molar-refractivity contribution < 1.29 is 19.8 Å². The lowest BCUT2D eigenvalue weighted by atomic mass is 9.91. The number of likely N-dealkylation sites (tertiary alicyclic amines) is 1. The van der Waals surface area contributed by atoms with Gasteiger partial charge in [0.1, 0.15) is 0 Å². The fourth-order valence-corrected chi connectivity index (χ4v) is 5.56. The second kappa shape index (κ2) is 10.2. The predicted octanol–water partition coefficient (Wildman–Crippen LogP) is 3.32. The van der Waals surface area contributed by atoms with Crippen LogP contribution in [0.15, 0.2) is 30.3 Å². The van der Waals surface area contributed by atoms with E-state index in [9.17, 15) is 0 Å². The third kappa shape index (κ3) is 5.80. The Morgan fingerprint density at radius 3 is 2.14 bits per heavy atom. The van der Waals surface area contributed by atoms with Crippen molar-refractivity contribution in [3.63, 3.8) is 0 Å². The molecule has 0 radical (unpaired) electrons. The van der Waals surface area contributed by atoms with Gasteiger partial charge in [-0.05, 0) is 69.1 Å². The van der Waals surface area contributed by atoms with Crippen LogP contribution in [0.1, 0.15) is 51.0 Å². The van der Waals surface area contributed by atoms with Crippen molar-refractivity contribution in [3.05, 3.63) is 35.9 Å². The summed E-state index contributed by atoms with van der Waals surface area (Å²) in [7, 11) is 0. The molecular weight excluding hydrogens is 368 g/mol. The van der Waals surface area contributed by atoms with Gasteiger partial charge in [-0.2, -0.15) is 0 Å². The molecule has 0 aromatic heterocycles. The average molecular weight is 403 g/mol. The van der Waals surface area contributed by atoms with Crippen LogP contribution in [0.4, 0.5) is 0 Å². The van der Waals surface area contributed by atoms with Gasteiger partial charge in [0.05, 0.1) is 0 Å². The number of carbonyl (C=O) groups is 2. The summed E-state index contributed by atoms with van der Waals surface area (Å²) in [5.41, 5.74) is 1.46. The number of hydrogen-bond donors (Lipinski definition) is 2. The van der Waals surface area contributed by atoms with Crippen molar-refractivity contribution in [2.24, 2.45) is 11.8 Å². The Morgan fingerprint density at radius 2 is 1.66 bits per heavy atom. The van der Waals surface area contributed by atoms with Crippen molar-refractivity contribution in [2.45, 2.75) is 64.1 Å². The number of fused-ring (bicyclic) bond motifs is 2. The lowest BCUT2D eigenvalue weighted by molar-refractivity contribution is -0.159. The molecule has 1 saturated heterocycles. The highest BCUT2D eigenvalue weighted by atomic mass is 16.4. The fourth-order valence-electron chi connectivity index (χ4n) is 5.56. The highest BCUT2D eigenvalue weighted by Crippen LogP contribution is 2.47. The molecule has 3 aliphatic rings. The molecule has 0 spiro atoms. The molecule has 160 valence electrons. The highest BCUT2D eigenvalue weighted by Gasteiger charge is 2.43. The maximum absolute atomic E-state index is 9.10. The maximum atomic E-state index is 9.10. The van der Waals surface area contributed by atoms with E-state index in [0.717, 1.165) is 30.5 Å². The van der Waals surface area contributed by atoms with E-state index >= 15 is 0 Å². The van der Waals surface area contributed by atoms with Gasteiger partial charge in [0.15, 0.2) is 0 Å². The third-order valence-corrected chi connectivity index (χ3v) is 7.00. The van der Waals surface area contributed by atoms with Gasteiger partial charge in [-0.15, -0.1) is 0 Å². The largest absolute Gasteiger partial charge is 0.473 e. The molecule has 1 aromatic carbocycles. The van der Waals surface area contributed by atoms with Gasteiger partial charge in [-0.25, -0.2) is 9.59 Å². The van der Waals surface area contributed by atoms with Crippen LogP contribution in [0, 0.1) is 11.8 Å². The molecule has 1 aliphatic heterocycles. The second-order valence-corrected chi connectivity index (χ2v) is 8.67. The first kappa shape index (κ1) is 21.8. The minimum atomic E-state index is -1.82. The van der Waals surface area contributed by atoms with Crippen molar-refractivity contribution in [2.75, 3.05) is 19.6 Å². The zero-order valence-corrected chi connectivity index (χ0v) is 17.4. The van der Waals surface area contributed by atoms with Crippen LogP contribution in [0.2, 0.25) is 0 Å². The summed E-state index contributed by atoms with van der Waals surface area (Å²) in [6.45, 7) is 7.29. The Morgan fingerprint density at radius 1 is 1.00 bits per heavy atom. The van der Waals surface area contributed by atoms with E-state index in [1.54, 1.807) is 6.42 Å². The zero-order chi connectivity index (χ0) is 20.8. The lowest BCUT2D eigenvalue weighted by Gasteiger charge is -2.42. The van der Waals surface area contributed by atoms with Gasteiger partial charge in [0.2, 0.25) is 0 Å². The van der Waals surface area contributed by atoms with Gasteiger partial charge in [0.25, 0.3) is 0 Å². The number of nitrogens with zero attached hydrogens (tertiary/aromatic N) is 2. The van der Waals surface area contributed by atoms with E-state index < -0.39 is 11.9 Å². The van der Waals surface area contributed by atoms with Crippen LogP contribution in [0.25, 0.3) is 0 Å². The Kier molecular flexibility index (Phi) is 7.67. The minimum absolute atomic E-state index is 0.787. The summed E-state index contributed by atoms with van der Waals surface area (Å²) < 4.78 is 0. The summed E-state index contributed by atoms with van der Waals surface area (Å²) in [6.07, 6.45) is 8.84. The van der Waals surface area contributed by atoms with Gasteiger partial charge in [0, 0.05) is 18.6 Å². The SMILES string of the molecule is CCN(Cc1ccccc1)C1CCN(C2CC3CCC2C3)CC1.O=C(O)C(=O)O. The summed E-state index contributed by atoms with van der Waals surface area (Å²) in [5.74, 6) is -1.53. The van der Waals surface area contributed by atoms with Crippen LogP contribution < -0.4 is 0 Å². The summed E-state index contributed by atoms with van der Waals surface area (Å²) in [6, 6.07) is 12.7. The number of hydrogen-bond acceptors (Lipinski definition) is 4. The van der Waals surface area contributed by atoms with Gasteiger partial charge in [-0.3, -0.25) is 9.80 Å². The van der Waals surface area contributed by atoms with Crippen molar-refractivity contribution >= 4 is 11.9 Å². The van der Waals surface area contributed by atoms with Crippen molar-refractivity contribution in [1.29, 1.82) is 0 Å². The number of carboxylic acids is 2. The molecule has 1 aromatic rings. The molecule has 29 heavy (non-hydrogen) atoms. The van der Waals surface area contributed by atoms with Crippen LogP contribution in [-0.4, -0.2) is 63.7 Å². The monoisotopic (exact) mass is 402 g/mol. The molecule has 4 rings (SSSR count). The first-order valence-corrected chi connectivity index (χ1v) is 11.0. The summed E-state index contributed by atoms with van der Waals surface area (Å²) >= 11 is 0. The Bertz CT molecular complexity index is 661. The van der Waals surface area contributed by atoms with Crippen molar-refractivity contribution in [1.82, 2.24) is 9.80 Å². The predicted molar refractivity (Wildman–Crippen MR) is 112 cm³/mol.